The summed E-state index contributed by atoms with van der Waals surface area (Å²) in [5.74, 6) is -1.38. The maximum atomic E-state index is 13.5. The number of benzene rings is 1. The molecule has 9 heteroatoms. The molecule has 0 radical (unpaired) electrons. The fourth-order valence-electron chi connectivity index (χ4n) is 5.99. The van der Waals surface area contributed by atoms with Crippen LogP contribution in [0, 0.1) is 17.8 Å². The molecule has 5 atom stereocenters. The number of nitrogens with zero attached hydrogens (tertiary/aromatic N) is 1. The second kappa shape index (κ2) is 9.21. The average molecular weight is 467 g/mol. The SMILES string of the molecule is O=C1NCC[C@H]1C[C@H](NC(=O)[C@H]1[C@@H]2CCC[C@@H]2CN1C(=O)c1cc2ccccc2[nH]1)C(=O)CO. The van der Waals surface area contributed by atoms with Crippen LogP contribution in [0.4, 0.5) is 0 Å². The molecule has 1 aromatic carbocycles. The number of fused-ring (bicyclic) bond motifs is 2. The van der Waals surface area contributed by atoms with Crippen LogP contribution in [-0.4, -0.2) is 70.3 Å². The van der Waals surface area contributed by atoms with Crippen LogP contribution in [0.3, 0.4) is 0 Å². The Balaban J connectivity index is 1.38. The second-order valence-corrected chi connectivity index (χ2v) is 9.73. The van der Waals surface area contributed by atoms with Gasteiger partial charge in [-0.2, -0.15) is 0 Å². The fraction of sp³-hybridized carbons (Fsp3) is 0.520. The molecule has 9 nitrogen and oxygen atoms in total. The van der Waals surface area contributed by atoms with Crippen LogP contribution in [0.1, 0.15) is 42.6 Å². The van der Waals surface area contributed by atoms with Crippen LogP contribution >= 0.6 is 0 Å². The summed E-state index contributed by atoms with van der Waals surface area (Å²) in [6, 6.07) is 7.79. The maximum Gasteiger partial charge on any atom is 0.271 e. The van der Waals surface area contributed by atoms with E-state index in [2.05, 4.69) is 15.6 Å². The molecule has 4 N–H and O–H groups in total. The van der Waals surface area contributed by atoms with Crippen molar-refractivity contribution >= 4 is 34.4 Å². The number of likely N-dealkylation sites (tertiary alicyclic amines) is 1. The van der Waals surface area contributed by atoms with E-state index in [4.69, 9.17) is 0 Å². The number of rotatable bonds is 7. The average Bonchev–Trinajstić information content (AvgIpc) is 3.61. The molecule has 2 aromatic rings. The number of nitrogens with one attached hydrogen (secondary N) is 3. The lowest BCUT2D eigenvalue weighted by Crippen LogP contribution is -2.53. The van der Waals surface area contributed by atoms with Gasteiger partial charge in [0.1, 0.15) is 18.3 Å². The van der Waals surface area contributed by atoms with Gasteiger partial charge in [0.05, 0.1) is 6.04 Å². The molecule has 2 aliphatic heterocycles. The minimum absolute atomic E-state index is 0.0352. The predicted octanol–water partition coefficient (Wildman–Crippen LogP) is 0.981. The first kappa shape index (κ1) is 22.6. The lowest BCUT2D eigenvalue weighted by Gasteiger charge is -2.29. The number of aromatic amines is 1. The van der Waals surface area contributed by atoms with Crippen molar-refractivity contribution in [2.24, 2.45) is 17.8 Å². The van der Waals surface area contributed by atoms with Gasteiger partial charge in [0.25, 0.3) is 5.91 Å². The van der Waals surface area contributed by atoms with E-state index in [1.807, 2.05) is 24.3 Å². The zero-order valence-electron chi connectivity index (χ0n) is 19.0. The number of carbonyl (C=O) groups excluding carboxylic acids is 4. The maximum absolute atomic E-state index is 13.5. The van der Waals surface area contributed by atoms with Gasteiger partial charge < -0.3 is 25.6 Å². The Kier molecular flexibility index (Phi) is 6.12. The third-order valence-corrected chi connectivity index (χ3v) is 7.72. The van der Waals surface area contributed by atoms with Crippen molar-refractivity contribution < 1.29 is 24.3 Å². The summed E-state index contributed by atoms with van der Waals surface area (Å²) in [7, 11) is 0. The van der Waals surface area contributed by atoms with Gasteiger partial charge in [0.15, 0.2) is 5.78 Å². The predicted molar refractivity (Wildman–Crippen MR) is 124 cm³/mol. The van der Waals surface area contributed by atoms with Gasteiger partial charge in [-0.05, 0) is 49.7 Å². The Hall–Kier alpha value is -3.20. The number of aliphatic hydroxyl groups excluding tert-OH is 1. The number of carbonyl (C=O) groups is 4. The molecular formula is C25H30N4O5. The summed E-state index contributed by atoms with van der Waals surface area (Å²) >= 11 is 0. The summed E-state index contributed by atoms with van der Waals surface area (Å²) in [5.41, 5.74) is 1.29. The number of para-hydroxylation sites is 1. The van der Waals surface area contributed by atoms with E-state index in [1.54, 1.807) is 11.0 Å². The fourth-order valence-corrected chi connectivity index (χ4v) is 5.99. The lowest BCUT2D eigenvalue weighted by atomic mass is 9.92. The molecule has 1 aromatic heterocycles. The highest BCUT2D eigenvalue weighted by molar-refractivity contribution is 6.01. The van der Waals surface area contributed by atoms with Gasteiger partial charge in [-0.25, -0.2) is 0 Å². The number of ketones is 1. The smallest absolute Gasteiger partial charge is 0.271 e. The third-order valence-electron chi connectivity index (χ3n) is 7.72. The summed E-state index contributed by atoms with van der Waals surface area (Å²) in [4.78, 5) is 56.3. The van der Waals surface area contributed by atoms with Gasteiger partial charge in [-0.15, -0.1) is 0 Å². The van der Waals surface area contributed by atoms with Gasteiger partial charge in [-0.3, -0.25) is 19.2 Å². The van der Waals surface area contributed by atoms with Gasteiger partial charge in [0, 0.05) is 29.9 Å². The molecule has 180 valence electrons. The molecule has 0 bridgehead atoms. The summed E-state index contributed by atoms with van der Waals surface area (Å²) in [6.07, 6.45) is 3.56. The third kappa shape index (κ3) is 4.09. The number of aliphatic hydroxyl groups is 1. The monoisotopic (exact) mass is 466 g/mol. The summed E-state index contributed by atoms with van der Waals surface area (Å²) in [5, 5.41) is 15.9. The van der Waals surface area contributed by atoms with Crippen molar-refractivity contribution in [1.82, 2.24) is 20.5 Å². The number of Topliss-reactive ketones (excluding diaryl/α,β-unsaturated/α-hetero) is 1. The van der Waals surface area contributed by atoms with Crippen LogP contribution in [0.25, 0.3) is 10.9 Å². The molecule has 1 aliphatic carbocycles. The zero-order valence-corrected chi connectivity index (χ0v) is 19.0. The molecular weight excluding hydrogens is 436 g/mol. The van der Waals surface area contributed by atoms with Crippen molar-refractivity contribution in [3.05, 3.63) is 36.0 Å². The van der Waals surface area contributed by atoms with E-state index >= 15 is 0 Å². The molecule has 3 fully saturated rings. The number of aromatic nitrogens is 1. The zero-order chi connectivity index (χ0) is 23.8. The first-order valence-electron chi connectivity index (χ1n) is 12.1. The molecule has 2 saturated heterocycles. The molecule has 1 saturated carbocycles. The minimum Gasteiger partial charge on any atom is -0.389 e. The number of hydrogen-bond donors (Lipinski definition) is 4. The second-order valence-electron chi connectivity index (χ2n) is 9.73. The largest absolute Gasteiger partial charge is 0.389 e. The highest BCUT2D eigenvalue weighted by Crippen LogP contribution is 2.43. The van der Waals surface area contributed by atoms with Crippen molar-refractivity contribution in [2.75, 3.05) is 19.7 Å². The molecule has 34 heavy (non-hydrogen) atoms. The topological polar surface area (TPSA) is 132 Å². The number of amides is 3. The van der Waals surface area contributed by atoms with Crippen LogP contribution in [0.5, 0.6) is 0 Å². The Morgan fingerprint density at radius 1 is 1.18 bits per heavy atom. The van der Waals surface area contributed by atoms with Gasteiger partial charge in [0.2, 0.25) is 11.8 Å². The molecule has 3 amide bonds. The quantitative estimate of drug-likeness (QED) is 0.483. The number of hydrogen-bond acceptors (Lipinski definition) is 5. The van der Waals surface area contributed by atoms with E-state index in [0.29, 0.717) is 25.2 Å². The molecule has 5 rings (SSSR count). The molecule has 0 spiro atoms. The van der Waals surface area contributed by atoms with E-state index < -0.39 is 24.5 Å². The Labute approximate surface area is 197 Å². The van der Waals surface area contributed by atoms with E-state index in [0.717, 1.165) is 30.2 Å². The Bertz CT molecular complexity index is 1090. The van der Waals surface area contributed by atoms with E-state index in [-0.39, 0.29) is 41.9 Å². The summed E-state index contributed by atoms with van der Waals surface area (Å²) < 4.78 is 0. The minimum atomic E-state index is -0.961. The Morgan fingerprint density at radius 2 is 2.00 bits per heavy atom. The lowest BCUT2D eigenvalue weighted by molar-refractivity contribution is -0.133. The summed E-state index contributed by atoms with van der Waals surface area (Å²) in [6.45, 7) is 0.324. The normalized spacial score (nSPS) is 27.0. The molecule has 0 unspecified atom stereocenters. The first-order valence-corrected chi connectivity index (χ1v) is 12.1. The van der Waals surface area contributed by atoms with Crippen LogP contribution in [0.15, 0.2) is 30.3 Å². The first-order chi connectivity index (χ1) is 16.5. The highest BCUT2D eigenvalue weighted by atomic mass is 16.3. The molecule has 3 heterocycles. The van der Waals surface area contributed by atoms with Gasteiger partial charge >= 0.3 is 0 Å². The van der Waals surface area contributed by atoms with Crippen molar-refractivity contribution in [3.63, 3.8) is 0 Å². The van der Waals surface area contributed by atoms with E-state index in [1.165, 1.54) is 0 Å². The van der Waals surface area contributed by atoms with Crippen molar-refractivity contribution in [1.29, 1.82) is 0 Å². The van der Waals surface area contributed by atoms with Gasteiger partial charge in [-0.1, -0.05) is 24.6 Å². The van der Waals surface area contributed by atoms with Crippen LogP contribution < -0.4 is 10.6 Å². The van der Waals surface area contributed by atoms with Crippen LogP contribution in [0.2, 0.25) is 0 Å². The van der Waals surface area contributed by atoms with Crippen molar-refractivity contribution in [3.8, 4) is 0 Å². The number of H-pyrrole nitrogens is 1. The Morgan fingerprint density at radius 3 is 2.74 bits per heavy atom. The molecule has 3 aliphatic rings. The highest BCUT2D eigenvalue weighted by Gasteiger charge is 2.50. The van der Waals surface area contributed by atoms with Crippen LogP contribution in [-0.2, 0) is 14.4 Å². The van der Waals surface area contributed by atoms with Crippen molar-refractivity contribution in [2.45, 2.75) is 44.2 Å². The van der Waals surface area contributed by atoms with E-state index in [9.17, 15) is 24.3 Å². The standard InChI is InChI=1S/C25H30N4O5/c30-13-21(31)19(11-15-8-9-26-23(15)32)28-24(33)22-17-6-3-5-16(17)12-29(22)25(34)20-10-14-4-1-2-7-18(14)27-20/h1-2,4,7,10,15-17,19,22,27,30H,3,5-6,8-9,11-13H2,(H,26,32)(H,28,33)/t15-,16+,17+,19-,22+/m0/s1.